The zero-order valence-electron chi connectivity index (χ0n) is 7.65. The molecule has 0 fully saturated rings. The number of nitrogens with zero attached hydrogens (tertiary/aromatic N) is 1. The number of carbonyl (C=O) groups excluding carboxylic acids is 1. The Labute approximate surface area is 81.7 Å². The van der Waals surface area contributed by atoms with E-state index in [9.17, 15) is 4.79 Å². The minimum Gasteiger partial charge on any atom is -0.369 e. The number of nitrogens with two attached hydrogens (primary N) is 1. The Morgan fingerprint density at radius 2 is 2.38 bits per heavy atom. The van der Waals surface area contributed by atoms with E-state index in [1.165, 1.54) is 11.8 Å². The first-order chi connectivity index (χ1) is 6.11. The van der Waals surface area contributed by atoms with Crippen LogP contribution in [-0.4, -0.2) is 16.1 Å². The summed E-state index contributed by atoms with van der Waals surface area (Å²) in [6.07, 6.45) is 3.49. The molecule has 1 unspecified atom stereocenters. The summed E-state index contributed by atoms with van der Waals surface area (Å²) in [5.74, 6) is -0.291. The Morgan fingerprint density at radius 1 is 1.69 bits per heavy atom. The van der Waals surface area contributed by atoms with Crippen molar-refractivity contribution < 1.29 is 4.79 Å². The molecule has 0 bridgehead atoms. The smallest absolute Gasteiger partial charge is 0.230 e. The molecule has 0 radical (unpaired) electrons. The zero-order valence-corrected chi connectivity index (χ0v) is 8.47. The van der Waals surface area contributed by atoms with Crippen LogP contribution < -0.4 is 5.73 Å². The maximum absolute atomic E-state index is 10.8. The second-order valence-corrected chi connectivity index (χ2v) is 4.19. The highest BCUT2D eigenvalue weighted by molar-refractivity contribution is 8.00. The fourth-order valence-corrected chi connectivity index (χ4v) is 1.72. The van der Waals surface area contributed by atoms with Gasteiger partial charge in [0, 0.05) is 17.3 Å². The topological polar surface area (TPSA) is 56.0 Å². The summed E-state index contributed by atoms with van der Waals surface area (Å²) < 4.78 is 0. The average Bonchev–Trinajstić information content (AvgIpc) is 2.08. The molecular formula is C9H12N2OS. The lowest BCUT2D eigenvalue weighted by Crippen LogP contribution is -2.22. The average molecular weight is 196 g/mol. The van der Waals surface area contributed by atoms with Gasteiger partial charge in [-0.3, -0.25) is 9.78 Å². The fourth-order valence-electron chi connectivity index (χ4n) is 0.841. The maximum atomic E-state index is 10.8. The van der Waals surface area contributed by atoms with Gasteiger partial charge >= 0.3 is 0 Å². The summed E-state index contributed by atoms with van der Waals surface area (Å²) >= 11 is 1.46. The van der Waals surface area contributed by atoms with E-state index in [4.69, 9.17) is 5.73 Å². The van der Waals surface area contributed by atoms with Crippen LogP contribution in [0.1, 0.15) is 12.5 Å². The predicted octanol–water partition coefficient (Wildman–Crippen LogP) is 1.36. The van der Waals surface area contributed by atoms with Crippen LogP contribution in [0.2, 0.25) is 0 Å². The van der Waals surface area contributed by atoms with Crippen molar-refractivity contribution >= 4 is 17.7 Å². The minimum absolute atomic E-state index is 0.193. The summed E-state index contributed by atoms with van der Waals surface area (Å²) in [5, 5.41) is -0.193. The quantitative estimate of drug-likeness (QED) is 0.742. The van der Waals surface area contributed by atoms with E-state index >= 15 is 0 Å². The lowest BCUT2D eigenvalue weighted by molar-refractivity contribution is -0.117. The van der Waals surface area contributed by atoms with E-state index < -0.39 is 0 Å². The molecule has 0 saturated carbocycles. The molecule has 1 aromatic rings. The number of amides is 1. The van der Waals surface area contributed by atoms with Gasteiger partial charge in [-0.2, -0.15) is 0 Å². The van der Waals surface area contributed by atoms with Crippen molar-refractivity contribution in [3.8, 4) is 0 Å². The van der Waals surface area contributed by atoms with Crippen molar-refractivity contribution in [2.45, 2.75) is 24.0 Å². The number of aryl methyl sites for hydroxylation is 1. The number of pyridine rings is 1. The molecule has 0 aliphatic rings. The largest absolute Gasteiger partial charge is 0.369 e. The van der Waals surface area contributed by atoms with E-state index in [1.807, 2.05) is 13.0 Å². The summed E-state index contributed by atoms with van der Waals surface area (Å²) in [6.45, 7) is 3.76. The molecule has 0 spiro atoms. The van der Waals surface area contributed by atoms with Crippen LogP contribution in [0.4, 0.5) is 0 Å². The van der Waals surface area contributed by atoms with Crippen molar-refractivity contribution in [3.63, 3.8) is 0 Å². The third-order valence-electron chi connectivity index (χ3n) is 1.67. The van der Waals surface area contributed by atoms with Gasteiger partial charge in [0.15, 0.2) is 0 Å². The van der Waals surface area contributed by atoms with Crippen LogP contribution in [0.25, 0.3) is 0 Å². The highest BCUT2D eigenvalue weighted by Crippen LogP contribution is 2.25. The van der Waals surface area contributed by atoms with Gasteiger partial charge in [-0.25, -0.2) is 0 Å². The van der Waals surface area contributed by atoms with Gasteiger partial charge in [0.05, 0.1) is 5.25 Å². The number of carbonyl (C=O) groups is 1. The van der Waals surface area contributed by atoms with Crippen molar-refractivity contribution in [1.82, 2.24) is 4.98 Å². The Kier molecular flexibility index (Phi) is 3.31. The van der Waals surface area contributed by atoms with Gasteiger partial charge in [0.1, 0.15) is 0 Å². The van der Waals surface area contributed by atoms with E-state index in [2.05, 4.69) is 4.98 Å². The summed E-state index contributed by atoms with van der Waals surface area (Å²) in [6, 6.07) is 1.89. The third-order valence-corrected chi connectivity index (χ3v) is 2.97. The Hall–Kier alpha value is -1.03. The fraction of sp³-hybridized carbons (Fsp3) is 0.333. The molecule has 3 nitrogen and oxygen atoms in total. The molecule has 1 heterocycles. The molecule has 1 rings (SSSR count). The van der Waals surface area contributed by atoms with Crippen LogP contribution in [0, 0.1) is 6.92 Å². The first-order valence-electron chi connectivity index (χ1n) is 3.98. The summed E-state index contributed by atoms with van der Waals surface area (Å²) in [5.41, 5.74) is 6.23. The Bertz CT molecular complexity index is 314. The standard InChI is InChI=1S/C9H12N2OS/c1-6-5-11-4-3-8(6)13-7(2)9(10)12/h3-5,7H,1-2H3,(H2,10,12). The SMILES string of the molecule is Cc1cnccc1SC(C)C(N)=O. The van der Waals surface area contributed by atoms with E-state index in [0.29, 0.717) is 0 Å². The highest BCUT2D eigenvalue weighted by Gasteiger charge is 2.11. The number of hydrogen-bond acceptors (Lipinski definition) is 3. The van der Waals surface area contributed by atoms with Gasteiger partial charge in [0.2, 0.25) is 5.91 Å². The van der Waals surface area contributed by atoms with Gasteiger partial charge < -0.3 is 5.73 Å². The van der Waals surface area contributed by atoms with Crippen LogP contribution in [0.15, 0.2) is 23.4 Å². The van der Waals surface area contributed by atoms with Crippen LogP contribution in [0.3, 0.4) is 0 Å². The molecule has 70 valence electrons. The molecule has 2 N–H and O–H groups in total. The molecule has 0 aliphatic heterocycles. The normalized spacial score (nSPS) is 12.5. The maximum Gasteiger partial charge on any atom is 0.230 e. The van der Waals surface area contributed by atoms with Gasteiger partial charge in [-0.15, -0.1) is 11.8 Å². The van der Waals surface area contributed by atoms with Crippen molar-refractivity contribution in [2.24, 2.45) is 5.73 Å². The number of primary amides is 1. The molecule has 0 saturated heterocycles. The van der Waals surface area contributed by atoms with Crippen LogP contribution in [-0.2, 0) is 4.79 Å². The van der Waals surface area contributed by atoms with E-state index in [0.717, 1.165) is 10.5 Å². The molecular weight excluding hydrogens is 184 g/mol. The molecule has 1 atom stereocenters. The lowest BCUT2D eigenvalue weighted by atomic mass is 10.3. The van der Waals surface area contributed by atoms with Gasteiger partial charge in [0.25, 0.3) is 0 Å². The number of rotatable bonds is 3. The molecule has 4 heteroatoms. The summed E-state index contributed by atoms with van der Waals surface area (Å²) in [7, 11) is 0. The van der Waals surface area contributed by atoms with Gasteiger partial charge in [-0.05, 0) is 25.5 Å². The first-order valence-corrected chi connectivity index (χ1v) is 4.86. The molecule has 13 heavy (non-hydrogen) atoms. The lowest BCUT2D eigenvalue weighted by Gasteiger charge is -2.08. The minimum atomic E-state index is -0.291. The number of hydrogen-bond donors (Lipinski definition) is 1. The highest BCUT2D eigenvalue weighted by atomic mass is 32.2. The molecule has 1 aromatic heterocycles. The monoisotopic (exact) mass is 196 g/mol. The first kappa shape index (κ1) is 10.1. The van der Waals surface area contributed by atoms with Crippen LogP contribution >= 0.6 is 11.8 Å². The van der Waals surface area contributed by atoms with Crippen molar-refractivity contribution in [1.29, 1.82) is 0 Å². The second-order valence-electron chi connectivity index (χ2n) is 2.80. The number of thioether (sulfide) groups is 1. The van der Waals surface area contributed by atoms with Crippen molar-refractivity contribution in [3.05, 3.63) is 24.0 Å². The van der Waals surface area contributed by atoms with E-state index in [1.54, 1.807) is 19.3 Å². The zero-order chi connectivity index (χ0) is 9.84. The van der Waals surface area contributed by atoms with Crippen LogP contribution in [0.5, 0.6) is 0 Å². The molecule has 0 aromatic carbocycles. The molecule has 0 aliphatic carbocycles. The molecule has 1 amide bonds. The Balaban J connectivity index is 2.74. The van der Waals surface area contributed by atoms with E-state index in [-0.39, 0.29) is 11.2 Å². The number of aromatic nitrogens is 1. The third kappa shape index (κ3) is 2.73. The summed E-state index contributed by atoms with van der Waals surface area (Å²) in [4.78, 5) is 15.8. The predicted molar refractivity (Wildman–Crippen MR) is 53.5 cm³/mol. The Morgan fingerprint density at radius 3 is 2.92 bits per heavy atom. The van der Waals surface area contributed by atoms with Crippen molar-refractivity contribution in [2.75, 3.05) is 0 Å². The van der Waals surface area contributed by atoms with Gasteiger partial charge in [-0.1, -0.05) is 0 Å². The second kappa shape index (κ2) is 4.28.